The molecule has 1 aliphatic heterocycles. The van der Waals surface area contributed by atoms with Gasteiger partial charge in [-0.1, -0.05) is 31.2 Å². The Morgan fingerprint density at radius 1 is 1.00 bits per heavy atom. The monoisotopic (exact) mass is 376 g/mol. The number of halogens is 2. The lowest BCUT2D eigenvalue weighted by Crippen LogP contribution is -2.30. The van der Waals surface area contributed by atoms with Crippen molar-refractivity contribution >= 4 is 0 Å². The topological polar surface area (TPSA) is 27.7 Å². The maximum Gasteiger partial charge on any atom is 0.201 e. The van der Waals surface area contributed by atoms with Crippen molar-refractivity contribution in [2.75, 3.05) is 13.2 Å². The van der Waals surface area contributed by atoms with Gasteiger partial charge in [-0.05, 0) is 49.4 Å². The van der Waals surface area contributed by atoms with Gasteiger partial charge in [-0.3, -0.25) is 0 Å². The van der Waals surface area contributed by atoms with Crippen molar-refractivity contribution in [2.45, 2.75) is 51.9 Å². The van der Waals surface area contributed by atoms with Crippen LogP contribution in [0.2, 0.25) is 0 Å². The molecule has 0 spiro atoms. The average molecular weight is 376 g/mol. The van der Waals surface area contributed by atoms with E-state index >= 15 is 0 Å². The molecule has 0 saturated carbocycles. The fourth-order valence-electron chi connectivity index (χ4n) is 3.25. The number of hydrogen-bond acceptors (Lipinski definition) is 3. The third-order valence-corrected chi connectivity index (χ3v) is 4.88. The highest BCUT2D eigenvalue weighted by Gasteiger charge is 2.21. The molecule has 1 saturated heterocycles. The van der Waals surface area contributed by atoms with Gasteiger partial charge in [0.25, 0.3) is 0 Å². The highest BCUT2D eigenvalue weighted by atomic mass is 19.2. The lowest BCUT2D eigenvalue weighted by Gasteiger charge is -2.28. The highest BCUT2D eigenvalue weighted by molar-refractivity contribution is 5.65. The van der Waals surface area contributed by atoms with Crippen LogP contribution >= 0.6 is 0 Å². The van der Waals surface area contributed by atoms with E-state index in [1.54, 1.807) is 25.1 Å². The van der Waals surface area contributed by atoms with Gasteiger partial charge in [-0.15, -0.1) is 0 Å². The zero-order valence-electron chi connectivity index (χ0n) is 15.8. The summed E-state index contributed by atoms with van der Waals surface area (Å²) in [5, 5.41) is 0. The van der Waals surface area contributed by atoms with E-state index in [1.807, 2.05) is 12.1 Å². The summed E-state index contributed by atoms with van der Waals surface area (Å²) < 4.78 is 45.1. The van der Waals surface area contributed by atoms with E-state index < -0.39 is 11.6 Å². The zero-order chi connectivity index (χ0) is 19.2. The van der Waals surface area contributed by atoms with Crippen molar-refractivity contribution in [3.05, 3.63) is 53.6 Å². The summed E-state index contributed by atoms with van der Waals surface area (Å²) in [4.78, 5) is 0. The quantitative estimate of drug-likeness (QED) is 0.638. The van der Waals surface area contributed by atoms with E-state index in [1.165, 1.54) is 6.07 Å². The van der Waals surface area contributed by atoms with Crippen LogP contribution in [0.25, 0.3) is 11.1 Å². The second kappa shape index (κ2) is 9.29. The molecule has 1 fully saturated rings. The van der Waals surface area contributed by atoms with E-state index in [0.29, 0.717) is 24.9 Å². The Morgan fingerprint density at radius 3 is 2.41 bits per heavy atom. The van der Waals surface area contributed by atoms with Gasteiger partial charge in [0.15, 0.2) is 11.6 Å². The van der Waals surface area contributed by atoms with Gasteiger partial charge in [0, 0.05) is 5.56 Å². The summed E-state index contributed by atoms with van der Waals surface area (Å²) in [5.74, 6) is -1.91. The van der Waals surface area contributed by atoms with Crippen LogP contribution in [0.1, 0.15) is 38.7 Å². The van der Waals surface area contributed by atoms with E-state index in [-0.39, 0.29) is 24.0 Å². The molecule has 1 aliphatic rings. The summed E-state index contributed by atoms with van der Waals surface area (Å²) in [6, 6.07) is 10.3. The lowest BCUT2D eigenvalue weighted by atomic mass is 10.0. The summed E-state index contributed by atoms with van der Waals surface area (Å²) in [7, 11) is 0. The maximum atomic E-state index is 14.3. The minimum absolute atomic E-state index is 0.0659. The zero-order valence-corrected chi connectivity index (χ0v) is 15.8. The molecule has 1 heterocycles. The minimum atomic E-state index is -0.954. The Kier molecular flexibility index (Phi) is 6.80. The first-order valence-electron chi connectivity index (χ1n) is 9.55. The second-order valence-electron chi connectivity index (χ2n) is 6.74. The van der Waals surface area contributed by atoms with Crippen LogP contribution in [-0.4, -0.2) is 25.4 Å². The molecule has 2 aromatic rings. The summed E-state index contributed by atoms with van der Waals surface area (Å²) in [6.45, 7) is 5.26. The SMILES string of the molecule is CCOc1ccc(-c2ccc(COC3CCC(CC)OC3)cc2)c(F)c1F. The van der Waals surface area contributed by atoms with Gasteiger partial charge in [0.1, 0.15) is 0 Å². The van der Waals surface area contributed by atoms with Crippen LogP contribution in [-0.2, 0) is 16.1 Å². The van der Waals surface area contributed by atoms with Crippen LogP contribution < -0.4 is 4.74 Å². The Balaban J connectivity index is 1.61. The van der Waals surface area contributed by atoms with Crippen molar-refractivity contribution in [3.63, 3.8) is 0 Å². The maximum absolute atomic E-state index is 14.3. The molecule has 146 valence electrons. The van der Waals surface area contributed by atoms with Crippen molar-refractivity contribution in [3.8, 4) is 16.9 Å². The van der Waals surface area contributed by atoms with Crippen LogP contribution in [0.15, 0.2) is 36.4 Å². The largest absolute Gasteiger partial charge is 0.491 e. The predicted molar refractivity (Wildman–Crippen MR) is 101 cm³/mol. The van der Waals surface area contributed by atoms with Gasteiger partial charge >= 0.3 is 0 Å². The lowest BCUT2D eigenvalue weighted by molar-refractivity contribution is -0.0910. The van der Waals surface area contributed by atoms with Crippen molar-refractivity contribution < 1.29 is 23.0 Å². The molecule has 0 N–H and O–H groups in total. The molecule has 3 rings (SSSR count). The molecular formula is C22H26F2O3. The molecule has 2 aromatic carbocycles. The van der Waals surface area contributed by atoms with E-state index in [9.17, 15) is 8.78 Å². The molecular weight excluding hydrogens is 350 g/mol. The third-order valence-electron chi connectivity index (χ3n) is 4.88. The third kappa shape index (κ3) is 4.85. The predicted octanol–water partition coefficient (Wildman–Crippen LogP) is 5.50. The van der Waals surface area contributed by atoms with Crippen LogP contribution in [0.4, 0.5) is 8.78 Å². The van der Waals surface area contributed by atoms with Gasteiger partial charge in [-0.25, -0.2) is 4.39 Å². The standard InChI is InChI=1S/C22H26F2O3/c1-3-17-9-10-18(14-27-17)26-13-15-5-7-16(8-6-15)19-11-12-20(25-4-2)22(24)21(19)23/h5-8,11-12,17-18H,3-4,9-10,13-14H2,1-2H3. The van der Waals surface area contributed by atoms with Crippen molar-refractivity contribution in [2.24, 2.45) is 0 Å². The van der Waals surface area contributed by atoms with Crippen LogP contribution in [0.5, 0.6) is 5.75 Å². The smallest absolute Gasteiger partial charge is 0.201 e. The minimum Gasteiger partial charge on any atom is -0.491 e. The van der Waals surface area contributed by atoms with Crippen LogP contribution in [0.3, 0.4) is 0 Å². The molecule has 27 heavy (non-hydrogen) atoms. The molecule has 5 heteroatoms. The molecule has 2 atom stereocenters. The first-order valence-corrected chi connectivity index (χ1v) is 9.55. The van der Waals surface area contributed by atoms with E-state index in [2.05, 4.69) is 6.92 Å². The Labute approximate surface area is 159 Å². The Hall–Kier alpha value is -1.98. The van der Waals surface area contributed by atoms with Gasteiger partial charge in [0.2, 0.25) is 5.82 Å². The number of hydrogen-bond donors (Lipinski definition) is 0. The molecule has 0 amide bonds. The number of rotatable bonds is 7. The van der Waals surface area contributed by atoms with Gasteiger partial charge in [0.05, 0.1) is 32.0 Å². The fraction of sp³-hybridized carbons (Fsp3) is 0.455. The average Bonchev–Trinajstić information content (AvgIpc) is 2.71. The van der Waals surface area contributed by atoms with E-state index in [0.717, 1.165) is 24.8 Å². The Bertz CT molecular complexity index is 738. The molecule has 3 nitrogen and oxygen atoms in total. The fourth-order valence-corrected chi connectivity index (χ4v) is 3.25. The van der Waals surface area contributed by atoms with Crippen molar-refractivity contribution in [1.29, 1.82) is 0 Å². The molecule has 2 unspecified atom stereocenters. The first kappa shape index (κ1) is 19.8. The molecule has 0 aromatic heterocycles. The normalized spacial score (nSPS) is 19.9. The van der Waals surface area contributed by atoms with E-state index in [4.69, 9.17) is 14.2 Å². The number of benzene rings is 2. The molecule has 0 aliphatic carbocycles. The summed E-state index contributed by atoms with van der Waals surface area (Å²) in [5.41, 5.74) is 1.82. The number of ether oxygens (including phenoxy) is 3. The molecule has 0 bridgehead atoms. The van der Waals surface area contributed by atoms with Gasteiger partial charge < -0.3 is 14.2 Å². The van der Waals surface area contributed by atoms with Gasteiger partial charge in [-0.2, -0.15) is 4.39 Å². The highest BCUT2D eigenvalue weighted by Crippen LogP contribution is 2.30. The Morgan fingerprint density at radius 2 is 1.78 bits per heavy atom. The first-order chi connectivity index (χ1) is 13.1. The summed E-state index contributed by atoms with van der Waals surface area (Å²) >= 11 is 0. The molecule has 0 radical (unpaired) electrons. The second-order valence-corrected chi connectivity index (χ2v) is 6.74. The van der Waals surface area contributed by atoms with Crippen LogP contribution in [0, 0.1) is 11.6 Å². The van der Waals surface area contributed by atoms with Crippen molar-refractivity contribution in [1.82, 2.24) is 0 Å². The summed E-state index contributed by atoms with van der Waals surface area (Å²) in [6.07, 6.45) is 3.55.